The summed E-state index contributed by atoms with van der Waals surface area (Å²) in [6.45, 7) is 0. The zero-order valence-electron chi connectivity index (χ0n) is 7.08. The normalized spacial score (nSPS) is 10.0. The van der Waals surface area contributed by atoms with Crippen LogP contribution in [0.15, 0.2) is 35.7 Å². The fourth-order valence-corrected chi connectivity index (χ4v) is 1.65. The average molecular weight is 206 g/mol. The molecule has 70 valence electrons. The van der Waals surface area contributed by atoms with E-state index in [1.165, 1.54) is 23.7 Å². The quantitative estimate of drug-likeness (QED) is 0.560. The Bertz CT molecular complexity index is 436. The van der Waals surface area contributed by atoms with E-state index in [0.29, 0.717) is 0 Å². The van der Waals surface area contributed by atoms with Crippen molar-refractivity contribution in [2.75, 3.05) is 0 Å². The first kappa shape index (κ1) is 8.83. The molecule has 0 saturated carbocycles. The lowest BCUT2D eigenvalue weighted by molar-refractivity contribution is -0.384. The standard InChI is InChI=1S/C9H6N2O2S/c12-11(13)8-3-1-7(2-4-8)9-5-6-14-10-9/h1-6H. The van der Waals surface area contributed by atoms with Crippen molar-refractivity contribution in [1.29, 1.82) is 0 Å². The highest BCUT2D eigenvalue weighted by Gasteiger charge is 2.05. The molecular formula is C9H6N2O2S. The van der Waals surface area contributed by atoms with Crippen molar-refractivity contribution in [2.24, 2.45) is 0 Å². The van der Waals surface area contributed by atoms with E-state index >= 15 is 0 Å². The Hall–Kier alpha value is -1.75. The summed E-state index contributed by atoms with van der Waals surface area (Å²) in [6, 6.07) is 8.25. The van der Waals surface area contributed by atoms with Crippen LogP contribution in [0.4, 0.5) is 5.69 Å². The number of hydrogen-bond acceptors (Lipinski definition) is 4. The topological polar surface area (TPSA) is 56.0 Å². The molecule has 0 spiro atoms. The van der Waals surface area contributed by atoms with Crippen LogP contribution >= 0.6 is 11.5 Å². The first-order chi connectivity index (χ1) is 6.77. The fraction of sp³-hybridized carbons (Fsp3) is 0. The Morgan fingerprint density at radius 1 is 1.21 bits per heavy atom. The summed E-state index contributed by atoms with van der Waals surface area (Å²) < 4.78 is 4.13. The molecule has 2 rings (SSSR count). The van der Waals surface area contributed by atoms with Crippen LogP contribution in [0.3, 0.4) is 0 Å². The minimum atomic E-state index is -0.412. The lowest BCUT2D eigenvalue weighted by Gasteiger charge is -1.95. The molecule has 0 saturated heterocycles. The van der Waals surface area contributed by atoms with E-state index in [-0.39, 0.29) is 5.69 Å². The first-order valence-electron chi connectivity index (χ1n) is 3.92. The smallest absolute Gasteiger partial charge is 0.258 e. The van der Waals surface area contributed by atoms with Crippen LogP contribution in [0.1, 0.15) is 0 Å². The second kappa shape index (κ2) is 3.55. The maximum atomic E-state index is 10.4. The number of nitro benzene ring substituents is 1. The largest absolute Gasteiger partial charge is 0.269 e. The third-order valence-electron chi connectivity index (χ3n) is 1.81. The van der Waals surface area contributed by atoms with E-state index in [9.17, 15) is 10.1 Å². The van der Waals surface area contributed by atoms with Gasteiger partial charge in [-0.05, 0) is 29.7 Å². The SMILES string of the molecule is O=[N+]([O-])c1ccc(-c2ccsn2)cc1. The number of nitrogens with zero attached hydrogens (tertiary/aromatic N) is 2. The molecule has 1 aromatic carbocycles. The van der Waals surface area contributed by atoms with Crippen LogP contribution in [0.25, 0.3) is 11.3 Å². The summed E-state index contributed by atoms with van der Waals surface area (Å²) in [6.07, 6.45) is 0. The van der Waals surface area contributed by atoms with Gasteiger partial charge in [-0.1, -0.05) is 0 Å². The third-order valence-corrected chi connectivity index (χ3v) is 2.37. The maximum absolute atomic E-state index is 10.4. The number of nitro groups is 1. The second-order valence-electron chi connectivity index (χ2n) is 2.69. The molecule has 1 aromatic heterocycles. The summed E-state index contributed by atoms with van der Waals surface area (Å²) in [5, 5.41) is 12.3. The van der Waals surface area contributed by atoms with E-state index in [0.717, 1.165) is 11.3 Å². The van der Waals surface area contributed by atoms with Gasteiger partial charge < -0.3 is 0 Å². The highest BCUT2D eigenvalue weighted by Crippen LogP contribution is 2.21. The van der Waals surface area contributed by atoms with Gasteiger partial charge in [0.1, 0.15) is 0 Å². The zero-order chi connectivity index (χ0) is 9.97. The summed E-state index contributed by atoms with van der Waals surface area (Å²) >= 11 is 1.36. The van der Waals surface area contributed by atoms with Crippen molar-refractivity contribution in [3.63, 3.8) is 0 Å². The molecule has 0 aliphatic carbocycles. The zero-order valence-corrected chi connectivity index (χ0v) is 7.90. The van der Waals surface area contributed by atoms with Crippen LogP contribution in [-0.2, 0) is 0 Å². The van der Waals surface area contributed by atoms with Crippen LogP contribution in [0, 0.1) is 10.1 Å². The molecule has 0 aliphatic rings. The molecule has 0 fully saturated rings. The summed E-state index contributed by atoms with van der Waals surface area (Å²) in [4.78, 5) is 9.98. The van der Waals surface area contributed by atoms with Gasteiger partial charge in [0.2, 0.25) is 0 Å². The van der Waals surface area contributed by atoms with E-state index in [2.05, 4.69) is 4.37 Å². The molecule has 5 heteroatoms. The van der Waals surface area contributed by atoms with Crippen LogP contribution in [-0.4, -0.2) is 9.30 Å². The summed E-state index contributed by atoms with van der Waals surface area (Å²) in [5.41, 5.74) is 1.85. The molecule has 0 aliphatic heterocycles. The van der Waals surface area contributed by atoms with Crippen molar-refractivity contribution in [2.45, 2.75) is 0 Å². The number of hydrogen-bond donors (Lipinski definition) is 0. The van der Waals surface area contributed by atoms with Gasteiger partial charge in [-0.15, -0.1) is 0 Å². The predicted molar refractivity (Wildman–Crippen MR) is 54.2 cm³/mol. The highest BCUT2D eigenvalue weighted by atomic mass is 32.1. The Kier molecular flexibility index (Phi) is 2.24. The average Bonchev–Trinajstić information content (AvgIpc) is 2.71. The summed E-state index contributed by atoms with van der Waals surface area (Å²) in [7, 11) is 0. The van der Waals surface area contributed by atoms with Gasteiger partial charge in [0, 0.05) is 23.1 Å². The van der Waals surface area contributed by atoms with Crippen molar-refractivity contribution >= 4 is 17.2 Å². The highest BCUT2D eigenvalue weighted by molar-refractivity contribution is 7.03. The van der Waals surface area contributed by atoms with Crippen molar-refractivity contribution in [3.05, 3.63) is 45.8 Å². The minimum absolute atomic E-state index is 0.101. The van der Waals surface area contributed by atoms with Crippen molar-refractivity contribution in [1.82, 2.24) is 4.37 Å². The van der Waals surface area contributed by atoms with Gasteiger partial charge in [-0.3, -0.25) is 10.1 Å². The molecule has 2 aromatic rings. The third kappa shape index (κ3) is 1.62. The number of non-ortho nitro benzene ring substituents is 1. The molecule has 0 unspecified atom stereocenters. The summed E-state index contributed by atoms with van der Waals surface area (Å²) in [5.74, 6) is 0. The monoisotopic (exact) mass is 206 g/mol. The minimum Gasteiger partial charge on any atom is -0.258 e. The Morgan fingerprint density at radius 2 is 1.93 bits per heavy atom. The number of rotatable bonds is 2. The van der Waals surface area contributed by atoms with Crippen molar-refractivity contribution in [3.8, 4) is 11.3 Å². The molecular weight excluding hydrogens is 200 g/mol. The lowest BCUT2D eigenvalue weighted by atomic mass is 10.1. The number of benzene rings is 1. The van der Waals surface area contributed by atoms with Gasteiger partial charge >= 0.3 is 0 Å². The predicted octanol–water partition coefficient (Wildman–Crippen LogP) is 2.72. The van der Waals surface area contributed by atoms with Crippen LogP contribution in [0.5, 0.6) is 0 Å². The lowest BCUT2D eigenvalue weighted by Crippen LogP contribution is -1.86. The molecule has 0 bridgehead atoms. The second-order valence-corrected chi connectivity index (χ2v) is 3.35. The molecule has 0 N–H and O–H groups in total. The molecule has 0 atom stereocenters. The Morgan fingerprint density at radius 3 is 2.43 bits per heavy atom. The van der Waals surface area contributed by atoms with Crippen LogP contribution in [0.2, 0.25) is 0 Å². The maximum Gasteiger partial charge on any atom is 0.269 e. The van der Waals surface area contributed by atoms with Gasteiger partial charge in [0.15, 0.2) is 0 Å². The Labute approximate surface area is 84.1 Å². The number of aromatic nitrogens is 1. The fourth-order valence-electron chi connectivity index (χ4n) is 1.12. The van der Waals surface area contributed by atoms with Gasteiger partial charge in [-0.2, -0.15) is 4.37 Å². The van der Waals surface area contributed by atoms with E-state index < -0.39 is 4.92 Å². The van der Waals surface area contributed by atoms with Gasteiger partial charge in [0.05, 0.1) is 10.6 Å². The molecule has 0 radical (unpaired) electrons. The molecule has 14 heavy (non-hydrogen) atoms. The Balaban J connectivity index is 2.36. The molecule has 4 nitrogen and oxygen atoms in total. The van der Waals surface area contributed by atoms with Crippen LogP contribution < -0.4 is 0 Å². The van der Waals surface area contributed by atoms with Crippen molar-refractivity contribution < 1.29 is 4.92 Å². The van der Waals surface area contributed by atoms with E-state index in [1.807, 2.05) is 11.4 Å². The van der Waals surface area contributed by atoms with Gasteiger partial charge in [-0.25, -0.2) is 0 Å². The van der Waals surface area contributed by atoms with Gasteiger partial charge in [0.25, 0.3) is 5.69 Å². The van der Waals surface area contributed by atoms with E-state index in [1.54, 1.807) is 12.1 Å². The van der Waals surface area contributed by atoms with E-state index in [4.69, 9.17) is 0 Å². The first-order valence-corrected chi connectivity index (χ1v) is 4.76. The molecule has 1 heterocycles. The molecule has 0 amide bonds.